The predicted molar refractivity (Wildman–Crippen MR) is 106 cm³/mol. The molecule has 0 saturated heterocycles. The fraction of sp³-hybridized carbons (Fsp3) is 1.00. The van der Waals surface area contributed by atoms with E-state index in [0.717, 1.165) is 47.3 Å². The number of hydrogen-bond donors (Lipinski definition) is 0. The standard InChI is InChI=1S/C24H44/c1-11-20-19(7)24(10)21-14(2)12-15(3)22(20,8)13-23(24,9)18(6)16(4)17(21)5/h14-21H,11-13H2,1-10H3. The molecule has 0 aliphatic heterocycles. The van der Waals surface area contributed by atoms with E-state index < -0.39 is 0 Å². The molecule has 11 unspecified atom stereocenters. The van der Waals surface area contributed by atoms with Gasteiger partial charge in [0.2, 0.25) is 0 Å². The van der Waals surface area contributed by atoms with Crippen molar-refractivity contribution in [1.29, 1.82) is 0 Å². The lowest BCUT2D eigenvalue weighted by atomic mass is 9.30. The Morgan fingerprint density at radius 1 is 0.833 bits per heavy atom. The monoisotopic (exact) mass is 332 g/mol. The lowest BCUT2D eigenvalue weighted by Crippen LogP contribution is -2.69. The molecule has 4 aliphatic rings. The summed E-state index contributed by atoms with van der Waals surface area (Å²) in [5.41, 5.74) is 1.51. The lowest BCUT2D eigenvalue weighted by molar-refractivity contribution is -0.268. The molecular weight excluding hydrogens is 288 g/mol. The highest BCUT2D eigenvalue weighted by molar-refractivity contribution is 5.18. The van der Waals surface area contributed by atoms with E-state index in [1.807, 2.05) is 0 Å². The van der Waals surface area contributed by atoms with Crippen LogP contribution in [0.5, 0.6) is 0 Å². The van der Waals surface area contributed by atoms with E-state index in [1.165, 1.54) is 19.3 Å². The van der Waals surface area contributed by atoms with E-state index in [4.69, 9.17) is 0 Å². The van der Waals surface area contributed by atoms with Crippen molar-refractivity contribution in [3.05, 3.63) is 0 Å². The van der Waals surface area contributed by atoms with Gasteiger partial charge in [-0.1, -0.05) is 75.7 Å². The second kappa shape index (κ2) is 5.50. The van der Waals surface area contributed by atoms with Crippen molar-refractivity contribution in [2.45, 2.75) is 88.5 Å². The zero-order chi connectivity index (χ0) is 18.2. The van der Waals surface area contributed by atoms with Crippen molar-refractivity contribution in [3.63, 3.8) is 0 Å². The average Bonchev–Trinajstić information content (AvgIpc) is 2.50. The van der Waals surface area contributed by atoms with Crippen molar-refractivity contribution >= 4 is 0 Å². The van der Waals surface area contributed by atoms with Crippen LogP contribution in [0.3, 0.4) is 0 Å². The average molecular weight is 333 g/mol. The van der Waals surface area contributed by atoms with Crippen molar-refractivity contribution in [2.75, 3.05) is 0 Å². The molecule has 24 heavy (non-hydrogen) atoms. The van der Waals surface area contributed by atoms with Gasteiger partial charge in [-0.15, -0.1) is 0 Å². The second-order valence-electron chi connectivity index (χ2n) is 11.3. The van der Waals surface area contributed by atoms with E-state index in [0.29, 0.717) is 16.2 Å². The van der Waals surface area contributed by atoms with Crippen molar-refractivity contribution in [1.82, 2.24) is 0 Å². The summed E-state index contributed by atoms with van der Waals surface area (Å²) in [7, 11) is 0. The van der Waals surface area contributed by atoms with Crippen LogP contribution in [0.4, 0.5) is 0 Å². The van der Waals surface area contributed by atoms with Gasteiger partial charge in [-0.2, -0.15) is 0 Å². The highest BCUT2D eigenvalue weighted by Gasteiger charge is 2.70. The largest absolute Gasteiger partial charge is 0.0651 e. The summed E-state index contributed by atoms with van der Waals surface area (Å²) >= 11 is 0. The van der Waals surface area contributed by atoms with Crippen LogP contribution in [0.2, 0.25) is 0 Å². The Morgan fingerprint density at radius 3 is 1.96 bits per heavy atom. The summed E-state index contributed by atoms with van der Waals surface area (Å²) in [6, 6.07) is 0. The molecule has 0 amide bonds. The van der Waals surface area contributed by atoms with Crippen LogP contribution in [0.15, 0.2) is 0 Å². The summed E-state index contributed by atoms with van der Waals surface area (Å²) < 4.78 is 0. The Hall–Kier alpha value is 0. The minimum Gasteiger partial charge on any atom is -0.0651 e. The summed E-state index contributed by atoms with van der Waals surface area (Å²) in [5, 5.41) is 0. The molecule has 0 spiro atoms. The summed E-state index contributed by atoms with van der Waals surface area (Å²) in [6.45, 7) is 26.2. The van der Waals surface area contributed by atoms with Gasteiger partial charge >= 0.3 is 0 Å². The maximum absolute atomic E-state index is 2.73. The van der Waals surface area contributed by atoms with Gasteiger partial charge in [-0.25, -0.2) is 0 Å². The highest BCUT2D eigenvalue weighted by atomic mass is 14.7. The molecule has 0 radical (unpaired) electrons. The topological polar surface area (TPSA) is 0 Å². The molecule has 0 heterocycles. The van der Waals surface area contributed by atoms with E-state index >= 15 is 0 Å². The Kier molecular flexibility index (Phi) is 4.30. The fourth-order valence-electron chi connectivity index (χ4n) is 9.31. The van der Waals surface area contributed by atoms with Crippen LogP contribution >= 0.6 is 0 Å². The first kappa shape index (κ1) is 18.8. The molecule has 0 aromatic heterocycles. The first-order chi connectivity index (χ1) is 11.0. The summed E-state index contributed by atoms with van der Waals surface area (Å²) in [4.78, 5) is 0. The lowest BCUT2D eigenvalue weighted by Gasteiger charge is -2.75. The molecule has 4 aliphatic carbocycles. The van der Waals surface area contributed by atoms with Crippen molar-refractivity contribution in [3.8, 4) is 0 Å². The molecule has 4 fully saturated rings. The van der Waals surface area contributed by atoms with Crippen LogP contribution < -0.4 is 0 Å². The third-order valence-corrected chi connectivity index (χ3v) is 11.2. The molecule has 4 rings (SSSR count). The van der Waals surface area contributed by atoms with E-state index in [2.05, 4.69) is 69.2 Å². The van der Waals surface area contributed by atoms with Crippen molar-refractivity contribution in [2.24, 2.45) is 63.6 Å². The smallest absolute Gasteiger partial charge is 0.0207 e. The van der Waals surface area contributed by atoms with E-state index in [1.54, 1.807) is 0 Å². The third kappa shape index (κ3) is 1.92. The third-order valence-electron chi connectivity index (χ3n) is 11.2. The normalized spacial score (nSPS) is 63.8. The first-order valence-electron chi connectivity index (χ1n) is 11.0. The van der Waals surface area contributed by atoms with Crippen molar-refractivity contribution < 1.29 is 0 Å². The van der Waals surface area contributed by atoms with E-state index in [-0.39, 0.29) is 0 Å². The number of hydrogen-bond acceptors (Lipinski definition) is 0. The van der Waals surface area contributed by atoms with Crippen LogP contribution in [-0.4, -0.2) is 0 Å². The summed E-state index contributed by atoms with van der Waals surface area (Å²) in [6.07, 6.45) is 4.27. The maximum atomic E-state index is 2.73. The van der Waals surface area contributed by atoms with Crippen LogP contribution in [0.25, 0.3) is 0 Å². The molecule has 140 valence electrons. The molecule has 0 heteroatoms. The van der Waals surface area contributed by atoms with E-state index in [9.17, 15) is 0 Å². The number of rotatable bonds is 1. The van der Waals surface area contributed by atoms with Gasteiger partial charge < -0.3 is 0 Å². The molecular formula is C24H44. The van der Waals surface area contributed by atoms with Gasteiger partial charge in [0.25, 0.3) is 0 Å². The molecule has 4 bridgehead atoms. The molecule has 11 atom stereocenters. The zero-order valence-corrected chi connectivity index (χ0v) is 18.2. The molecule has 0 aromatic carbocycles. The summed E-state index contributed by atoms with van der Waals surface area (Å²) in [5.74, 6) is 6.93. The zero-order valence-electron chi connectivity index (χ0n) is 18.2. The van der Waals surface area contributed by atoms with Gasteiger partial charge in [0.1, 0.15) is 0 Å². The van der Waals surface area contributed by atoms with Crippen LogP contribution in [-0.2, 0) is 0 Å². The molecule has 4 saturated carbocycles. The van der Waals surface area contributed by atoms with Gasteiger partial charge in [-0.05, 0) is 76.4 Å². The maximum Gasteiger partial charge on any atom is -0.0207 e. The van der Waals surface area contributed by atoms with Gasteiger partial charge in [0, 0.05) is 0 Å². The molecule has 0 nitrogen and oxygen atoms in total. The second-order valence-corrected chi connectivity index (χ2v) is 11.3. The minimum absolute atomic E-state index is 0.492. The van der Waals surface area contributed by atoms with Gasteiger partial charge in [0.15, 0.2) is 0 Å². The van der Waals surface area contributed by atoms with Crippen LogP contribution in [0.1, 0.15) is 88.5 Å². The first-order valence-corrected chi connectivity index (χ1v) is 11.0. The Bertz CT molecular complexity index is 494. The number of fused-ring (bicyclic) bond motifs is 3. The molecule has 0 N–H and O–H groups in total. The Morgan fingerprint density at radius 2 is 1.42 bits per heavy atom. The van der Waals surface area contributed by atoms with Gasteiger partial charge in [0.05, 0.1) is 0 Å². The Balaban J connectivity index is 2.28. The highest BCUT2D eigenvalue weighted by Crippen LogP contribution is 2.76. The molecule has 0 aromatic rings. The quantitative estimate of drug-likeness (QED) is 0.473. The Labute approximate surface area is 152 Å². The predicted octanol–water partition coefficient (Wildman–Crippen LogP) is 7.29. The van der Waals surface area contributed by atoms with Crippen LogP contribution in [0, 0.1) is 63.6 Å². The SMILES string of the molecule is CCC1C(C)C2(C)C3C(C)CC(C)C1(C)CC2(C)C(C)C(C)C3C. The fourth-order valence-corrected chi connectivity index (χ4v) is 9.31. The van der Waals surface area contributed by atoms with Gasteiger partial charge in [-0.3, -0.25) is 0 Å². The minimum atomic E-state index is 0.492.